The Labute approximate surface area is 142 Å². The molecule has 0 atom stereocenters. The van der Waals surface area contributed by atoms with Crippen molar-refractivity contribution in [2.24, 2.45) is 0 Å². The summed E-state index contributed by atoms with van der Waals surface area (Å²) < 4.78 is 5.47. The highest BCUT2D eigenvalue weighted by Crippen LogP contribution is 2.21. The van der Waals surface area contributed by atoms with E-state index in [2.05, 4.69) is 0 Å². The van der Waals surface area contributed by atoms with Crippen LogP contribution in [0.4, 0.5) is 5.69 Å². The Balaban J connectivity index is 2.10. The van der Waals surface area contributed by atoms with Crippen LogP contribution in [0.3, 0.4) is 0 Å². The molecular weight excluding hydrogens is 320 g/mol. The third kappa shape index (κ3) is 3.16. The van der Waals surface area contributed by atoms with E-state index in [0.717, 1.165) is 5.56 Å². The zero-order chi connectivity index (χ0) is 18.0. The van der Waals surface area contributed by atoms with Crippen molar-refractivity contribution in [2.45, 2.75) is 6.92 Å². The van der Waals surface area contributed by atoms with E-state index < -0.39 is 4.92 Å². The number of allylic oxidation sites excluding steroid dienone is 1. The topological polar surface area (TPSA) is 97.1 Å². The molecule has 0 aliphatic carbocycles. The van der Waals surface area contributed by atoms with Gasteiger partial charge in [0, 0.05) is 12.1 Å². The fourth-order valence-electron chi connectivity index (χ4n) is 2.46. The predicted octanol–water partition coefficient (Wildman–Crippen LogP) is 4.07. The highest BCUT2D eigenvalue weighted by atomic mass is 16.6. The molecule has 0 bridgehead atoms. The van der Waals surface area contributed by atoms with Crippen LogP contribution >= 0.6 is 0 Å². The van der Waals surface area contributed by atoms with E-state index in [-0.39, 0.29) is 22.3 Å². The zero-order valence-electron chi connectivity index (χ0n) is 13.2. The van der Waals surface area contributed by atoms with Gasteiger partial charge in [-0.25, -0.2) is 0 Å². The predicted molar refractivity (Wildman–Crippen MR) is 93.8 cm³/mol. The minimum atomic E-state index is -0.514. The van der Waals surface area contributed by atoms with E-state index in [1.165, 1.54) is 36.6 Å². The fraction of sp³-hybridized carbons (Fsp3) is 0.0526. The Hall–Kier alpha value is -3.72. The van der Waals surface area contributed by atoms with Crippen molar-refractivity contribution in [1.82, 2.24) is 0 Å². The lowest BCUT2D eigenvalue weighted by Gasteiger charge is -2.02. The first-order chi connectivity index (χ1) is 12.0. The number of benzene rings is 2. The van der Waals surface area contributed by atoms with Gasteiger partial charge in [0.1, 0.15) is 11.8 Å². The molecule has 3 aromatic rings. The van der Waals surface area contributed by atoms with Crippen molar-refractivity contribution in [2.75, 3.05) is 0 Å². The molecular formula is C19H12N2O4. The van der Waals surface area contributed by atoms with Crippen LogP contribution in [0.5, 0.6) is 0 Å². The second-order valence-corrected chi connectivity index (χ2v) is 5.49. The fourth-order valence-corrected chi connectivity index (χ4v) is 2.46. The summed E-state index contributed by atoms with van der Waals surface area (Å²) in [7, 11) is 0. The monoisotopic (exact) mass is 332 g/mol. The lowest BCUT2D eigenvalue weighted by Crippen LogP contribution is -2.05. The van der Waals surface area contributed by atoms with Crippen LogP contribution in [0.2, 0.25) is 0 Å². The van der Waals surface area contributed by atoms with Crippen LogP contribution in [-0.2, 0) is 0 Å². The average molecular weight is 332 g/mol. The zero-order valence-corrected chi connectivity index (χ0v) is 13.2. The summed E-state index contributed by atoms with van der Waals surface area (Å²) in [6, 6.07) is 12.9. The van der Waals surface area contributed by atoms with Crippen molar-refractivity contribution < 1.29 is 9.34 Å². The number of rotatable bonds is 3. The van der Waals surface area contributed by atoms with E-state index in [9.17, 15) is 20.2 Å². The molecule has 0 aliphatic heterocycles. The Kier molecular flexibility index (Phi) is 4.14. The SMILES string of the molecule is Cc1ccc2occ(/C=C(\C#N)c3ccc([N+](=O)[O-])cc3)c(=O)c2c1. The Morgan fingerprint density at radius 3 is 2.60 bits per heavy atom. The molecule has 3 rings (SSSR count). The van der Waals surface area contributed by atoms with Gasteiger partial charge in [0.25, 0.3) is 5.69 Å². The third-order valence-electron chi connectivity index (χ3n) is 3.76. The van der Waals surface area contributed by atoms with Crippen LogP contribution in [0.1, 0.15) is 16.7 Å². The number of nitriles is 1. The molecule has 25 heavy (non-hydrogen) atoms. The van der Waals surface area contributed by atoms with Crippen molar-refractivity contribution in [3.05, 3.63) is 85.8 Å². The number of hydrogen-bond acceptors (Lipinski definition) is 5. The summed E-state index contributed by atoms with van der Waals surface area (Å²) in [5.41, 5.74) is 2.04. The molecule has 0 aliphatic rings. The number of non-ortho nitro benzene ring substituents is 1. The molecule has 6 heteroatoms. The van der Waals surface area contributed by atoms with Crippen LogP contribution in [0.25, 0.3) is 22.6 Å². The molecule has 0 N–H and O–H groups in total. The van der Waals surface area contributed by atoms with Gasteiger partial charge in [0.15, 0.2) is 5.43 Å². The first-order valence-corrected chi connectivity index (χ1v) is 7.38. The van der Waals surface area contributed by atoms with Gasteiger partial charge in [-0.05, 0) is 42.8 Å². The highest BCUT2D eigenvalue weighted by molar-refractivity contribution is 5.91. The quantitative estimate of drug-likeness (QED) is 0.409. The highest BCUT2D eigenvalue weighted by Gasteiger charge is 2.10. The van der Waals surface area contributed by atoms with Gasteiger partial charge >= 0.3 is 0 Å². The van der Waals surface area contributed by atoms with E-state index in [0.29, 0.717) is 16.5 Å². The molecule has 0 fully saturated rings. The second kappa shape index (κ2) is 6.42. The molecule has 1 heterocycles. The molecule has 122 valence electrons. The Morgan fingerprint density at radius 2 is 1.96 bits per heavy atom. The van der Waals surface area contributed by atoms with Crippen molar-refractivity contribution in [3.8, 4) is 6.07 Å². The number of aryl methyl sites for hydroxylation is 1. The molecule has 1 aromatic heterocycles. The van der Waals surface area contributed by atoms with Crippen LogP contribution in [0.15, 0.2) is 57.9 Å². The number of fused-ring (bicyclic) bond motifs is 1. The lowest BCUT2D eigenvalue weighted by atomic mass is 10.0. The normalized spacial score (nSPS) is 11.3. The van der Waals surface area contributed by atoms with E-state index >= 15 is 0 Å². The summed E-state index contributed by atoms with van der Waals surface area (Å²) in [4.78, 5) is 22.8. The summed E-state index contributed by atoms with van der Waals surface area (Å²) in [5, 5.41) is 20.5. The third-order valence-corrected chi connectivity index (χ3v) is 3.76. The minimum Gasteiger partial charge on any atom is -0.463 e. The van der Waals surface area contributed by atoms with E-state index in [1.807, 2.05) is 19.1 Å². The van der Waals surface area contributed by atoms with Gasteiger partial charge in [-0.3, -0.25) is 14.9 Å². The lowest BCUT2D eigenvalue weighted by molar-refractivity contribution is -0.384. The Bertz CT molecular complexity index is 1100. The van der Waals surface area contributed by atoms with Crippen molar-refractivity contribution in [3.63, 3.8) is 0 Å². The molecule has 0 saturated carbocycles. The van der Waals surface area contributed by atoms with Crippen LogP contribution in [-0.4, -0.2) is 4.92 Å². The van der Waals surface area contributed by atoms with Gasteiger partial charge in [-0.15, -0.1) is 0 Å². The standard InChI is InChI=1S/C19H12N2O4/c1-12-2-7-18-17(8-12)19(22)15(11-25-18)9-14(10-20)13-3-5-16(6-4-13)21(23)24/h2-9,11H,1H3/b14-9+. The largest absolute Gasteiger partial charge is 0.463 e. The van der Waals surface area contributed by atoms with Gasteiger partial charge in [-0.1, -0.05) is 11.6 Å². The molecule has 2 aromatic carbocycles. The maximum atomic E-state index is 12.6. The number of nitrogens with zero attached hydrogens (tertiary/aromatic N) is 2. The minimum absolute atomic E-state index is 0.0678. The van der Waals surface area contributed by atoms with Gasteiger partial charge in [0.05, 0.1) is 27.5 Å². The van der Waals surface area contributed by atoms with Crippen molar-refractivity contribution in [1.29, 1.82) is 5.26 Å². The molecule has 0 spiro atoms. The average Bonchev–Trinajstić information content (AvgIpc) is 2.62. The van der Waals surface area contributed by atoms with Gasteiger partial charge in [-0.2, -0.15) is 5.26 Å². The summed E-state index contributed by atoms with van der Waals surface area (Å²) in [6.45, 7) is 1.87. The Morgan fingerprint density at radius 1 is 1.24 bits per heavy atom. The van der Waals surface area contributed by atoms with Crippen molar-refractivity contribution >= 4 is 28.3 Å². The van der Waals surface area contributed by atoms with Gasteiger partial charge < -0.3 is 4.42 Å². The maximum absolute atomic E-state index is 12.6. The first kappa shape index (κ1) is 16.1. The molecule has 0 radical (unpaired) electrons. The molecule has 0 amide bonds. The van der Waals surface area contributed by atoms with Gasteiger partial charge in [0.2, 0.25) is 0 Å². The summed E-state index contributed by atoms with van der Waals surface area (Å²) in [6.07, 6.45) is 2.73. The molecule has 6 nitrogen and oxygen atoms in total. The summed E-state index contributed by atoms with van der Waals surface area (Å²) in [5.74, 6) is 0. The summed E-state index contributed by atoms with van der Waals surface area (Å²) >= 11 is 0. The smallest absolute Gasteiger partial charge is 0.269 e. The van der Waals surface area contributed by atoms with Crippen LogP contribution < -0.4 is 5.43 Å². The maximum Gasteiger partial charge on any atom is 0.269 e. The molecule has 0 saturated heterocycles. The van der Waals surface area contributed by atoms with Crippen LogP contribution in [0, 0.1) is 28.4 Å². The van der Waals surface area contributed by atoms with E-state index in [4.69, 9.17) is 4.42 Å². The number of hydrogen-bond donors (Lipinski definition) is 0. The number of nitro benzene ring substituents is 1. The molecule has 0 unspecified atom stereocenters. The number of nitro groups is 1. The van der Waals surface area contributed by atoms with E-state index in [1.54, 1.807) is 12.1 Å². The second-order valence-electron chi connectivity index (χ2n) is 5.49. The first-order valence-electron chi connectivity index (χ1n) is 7.38.